The minimum absolute atomic E-state index is 0.292. The highest BCUT2D eigenvalue weighted by Gasteiger charge is 2.23. The second-order valence-corrected chi connectivity index (χ2v) is 4.80. The monoisotopic (exact) mass is 267 g/mol. The molecule has 0 amide bonds. The van der Waals surface area contributed by atoms with Gasteiger partial charge in [0.25, 0.3) is 0 Å². The van der Waals surface area contributed by atoms with Crippen molar-refractivity contribution < 1.29 is 9.18 Å². The fourth-order valence-corrected chi connectivity index (χ4v) is 2.13. The molecule has 0 fully saturated rings. The third-order valence-corrected chi connectivity index (χ3v) is 3.23. The highest BCUT2D eigenvalue weighted by atomic mass is 19.1. The van der Waals surface area contributed by atoms with E-state index in [1.807, 2.05) is 32.0 Å². The quantitative estimate of drug-likeness (QED) is 0.790. The van der Waals surface area contributed by atoms with E-state index in [2.05, 4.69) is 0 Å². The minimum atomic E-state index is -0.980. The van der Waals surface area contributed by atoms with Crippen molar-refractivity contribution in [1.29, 1.82) is 5.26 Å². The first-order chi connectivity index (χ1) is 9.52. The topological polar surface area (TPSA) is 40.9 Å². The molecule has 2 aromatic carbocycles. The summed E-state index contributed by atoms with van der Waals surface area (Å²) in [6.07, 6.45) is 0. The molecule has 0 bridgehead atoms. The van der Waals surface area contributed by atoms with Crippen LogP contribution in [0.3, 0.4) is 0 Å². The third-order valence-electron chi connectivity index (χ3n) is 3.23. The molecule has 0 spiro atoms. The summed E-state index contributed by atoms with van der Waals surface area (Å²) < 4.78 is 13.3. The standard InChI is InChI=1S/C17H14FNO/c1-11-6-7-12(2)15(8-11)17(20)16(10-19)13-4-3-5-14(18)9-13/h3-9,16H,1-2H3. The van der Waals surface area contributed by atoms with Gasteiger partial charge < -0.3 is 0 Å². The van der Waals surface area contributed by atoms with E-state index in [9.17, 15) is 14.4 Å². The molecule has 1 unspecified atom stereocenters. The van der Waals surface area contributed by atoms with Gasteiger partial charge in [0.1, 0.15) is 11.7 Å². The van der Waals surface area contributed by atoms with Crippen molar-refractivity contribution in [2.75, 3.05) is 0 Å². The van der Waals surface area contributed by atoms with Crippen molar-refractivity contribution in [3.05, 3.63) is 70.5 Å². The second kappa shape index (κ2) is 5.66. The highest BCUT2D eigenvalue weighted by molar-refractivity contribution is 6.03. The van der Waals surface area contributed by atoms with Crippen LogP contribution in [0.15, 0.2) is 42.5 Å². The van der Waals surface area contributed by atoms with E-state index >= 15 is 0 Å². The van der Waals surface area contributed by atoms with Gasteiger partial charge in [0.15, 0.2) is 5.78 Å². The summed E-state index contributed by atoms with van der Waals surface area (Å²) in [7, 11) is 0. The predicted octanol–water partition coefficient (Wildman–Crippen LogP) is 3.93. The number of Topliss-reactive ketones (excluding diaryl/α,β-unsaturated/α-hetero) is 1. The largest absolute Gasteiger partial charge is 0.292 e. The van der Waals surface area contributed by atoms with Crippen molar-refractivity contribution in [1.82, 2.24) is 0 Å². The highest BCUT2D eigenvalue weighted by Crippen LogP contribution is 2.23. The van der Waals surface area contributed by atoms with Gasteiger partial charge >= 0.3 is 0 Å². The summed E-state index contributed by atoms with van der Waals surface area (Å²) in [6.45, 7) is 3.71. The number of rotatable bonds is 3. The molecule has 20 heavy (non-hydrogen) atoms. The van der Waals surface area contributed by atoms with Crippen LogP contribution in [-0.2, 0) is 0 Å². The number of carbonyl (C=O) groups is 1. The maximum Gasteiger partial charge on any atom is 0.184 e. The Morgan fingerprint density at radius 3 is 2.60 bits per heavy atom. The summed E-state index contributed by atoms with van der Waals surface area (Å²) in [6, 6.07) is 13.1. The van der Waals surface area contributed by atoms with Crippen molar-refractivity contribution >= 4 is 5.78 Å². The molecule has 0 aliphatic rings. The van der Waals surface area contributed by atoms with Crippen LogP contribution in [-0.4, -0.2) is 5.78 Å². The van der Waals surface area contributed by atoms with Crippen molar-refractivity contribution in [3.63, 3.8) is 0 Å². The molecule has 0 aliphatic heterocycles. The Hall–Kier alpha value is -2.47. The first kappa shape index (κ1) is 14.0. The molecular weight excluding hydrogens is 253 g/mol. The van der Waals surface area contributed by atoms with E-state index in [0.29, 0.717) is 11.1 Å². The maximum atomic E-state index is 13.3. The molecule has 0 N–H and O–H groups in total. The van der Waals surface area contributed by atoms with Crippen LogP contribution in [0, 0.1) is 31.0 Å². The molecule has 3 heteroatoms. The predicted molar refractivity (Wildman–Crippen MR) is 75.0 cm³/mol. The second-order valence-electron chi connectivity index (χ2n) is 4.80. The van der Waals surface area contributed by atoms with Crippen LogP contribution in [0.4, 0.5) is 4.39 Å². The number of nitrogens with zero attached hydrogens (tertiary/aromatic N) is 1. The van der Waals surface area contributed by atoms with Gasteiger partial charge in [0.2, 0.25) is 0 Å². The molecular formula is C17H14FNO. The van der Waals surface area contributed by atoms with Crippen molar-refractivity contribution in [3.8, 4) is 6.07 Å². The van der Waals surface area contributed by atoms with Gasteiger partial charge in [-0.1, -0.05) is 29.8 Å². The third kappa shape index (κ3) is 2.75. The molecule has 2 aromatic rings. The summed E-state index contributed by atoms with van der Waals surface area (Å²) in [5.41, 5.74) is 2.67. The Kier molecular flexibility index (Phi) is 3.95. The normalized spacial score (nSPS) is 11.7. The summed E-state index contributed by atoms with van der Waals surface area (Å²) >= 11 is 0. The zero-order valence-electron chi connectivity index (χ0n) is 11.4. The summed E-state index contributed by atoms with van der Waals surface area (Å²) in [5, 5.41) is 9.27. The summed E-state index contributed by atoms with van der Waals surface area (Å²) in [4.78, 5) is 12.5. The van der Waals surface area contributed by atoms with Crippen molar-refractivity contribution in [2.24, 2.45) is 0 Å². The average molecular weight is 267 g/mol. The smallest absolute Gasteiger partial charge is 0.184 e. The Balaban J connectivity index is 2.45. The lowest BCUT2D eigenvalue weighted by Gasteiger charge is -2.11. The molecule has 0 heterocycles. The van der Waals surface area contributed by atoms with Crippen LogP contribution in [0.5, 0.6) is 0 Å². The average Bonchev–Trinajstić information content (AvgIpc) is 2.42. The molecule has 0 saturated carbocycles. The van der Waals surface area contributed by atoms with Crippen LogP contribution in [0.25, 0.3) is 0 Å². The molecule has 2 nitrogen and oxygen atoms in total. The van der Waals surface area contributed by atoms with Crippen LogP contribution in [0.2, 0.25) is 0 Å². The lowest BCUT2D eigenvalue weighted by atomic mass is 9.89. The van der Waals surface area contributed by atoms with Crippen molar-refractivity contribution in [2.45, 2.75) is 19.8 Å². The number of hydrogen-bond donors (Lipinski definition) is 0. The number of benzene rings is 2. The maximum absolute atomic E-state index is 13.3. The van der Waals surface area contributed by atoms with Gasteiger partial charge in [-0.05, 0) is 43.2 Å². The molecule has 0 aromatic heterocycles. The Morgan fingerprint density at radius 2 is 1.95 bits per heavy atom. The zero-order chi connectivity index (χ0) is 14.7. The van der Waals surface area contributed by atoms with Crippen LogP contribution < -0.4 is 0 Å². The fraction of sp³-hybridized carbons (Fsp3) is 0.176. The number of ketones is 1. The van der Waals surface area contributed by atoms with E-state index in [1.165, 1.54) is 18.2 Å². The molecule has 0 saturated heterocycles. The zero-order valence-corrected chi connectivity index (χ0v) is 11.4. The number of carbonyl (C=O) groups excluding carboxylic acids is 1. The van der Waals surface area contributed by atoms with Gasteiger partial charge in [0.05, 0.1) is 6.07 Å². The van der Waals surface area contributed by atoms with Gasteiger partial charge in [-0.2, -0.15) is 5.26 Å². The van der Waals surface area contributed by atoms with E-state index in [0.717, 1.165) is 11.1 Å². The SMILES string of the molecule is Cc1ccc(C)c(C(=O)C(C#N)c2cccc(F)c2)c1. The van der Waals surface area contributed by atoms with Crippen LogP contribution in [0.1, 0.15) is 33.0 Å². The number of aryl methyl sites for hydroxylation is 2. The van der Waals surface area contributed by atoms with Gasteiger partial charge in [-0.15, -0.1) is 0 Å². The number of halogens is 1. The first-order valence-electron chi connectivity index (χ1n) is 6.29. The van der Waals surface area contributed by atoms with Gasteiger partial charge in [-0.3, -0.25) is 4.79 Å². The van der Waals surface area contributed by atoms with E-state index in [-0.39, 0.29) is 5.78 Å². The van der Waals surface area contributed by atoms with E-state index in [1.54, 1.807) is 12.1 Å². The Bertz CT molecular complexity index is 700. The number of hydrogen-bond acceptors (Lipinski definition) is 2. The van der Waals surface area contributed by atoms with Crippen LogP contribution >= 0.6 is 0 Å². The van der Waals surface area contributed by atoms with Gasteiger partial charge in [0, 0.05) is 5.56 Å². The molecule has 1 atom stereocenters. The fourth-order valence-electron chi connectivity index (χ4n) is 2.13. The molecule has 0 aliphatic carbocycles. The Labute approximate surface area is 117 Å². The molecule has 0 radical (unpaired) electrons. The Morgan fingerprint density at radius 1 is 1.20 bits per heavy atom. The molecule has 100 valence electrons. The van der Waals surface area contributed by atoms with Gasteiger partial charge in [-0.25, -0.2) is 4.39 Å². The van der Waals surface area contributed by atoms with E-state index in [4.69, 9.17) is 0 Å². The minimum Gasteiger partial charge on any atom is -0.292 e. The number of nitriles is 1. The first-order valence-corrected chi connectivity index (χ1v) is 6.29. The van der Waals surface area contributed by atoms with E-state index < -0.39 is 11.7 Å². The molecule has 2 rings (SSSR count). The lowest BCUT2D eigenvalue weighted by Crippen LogP contribution is -2.13. The summed E-state index contributed by atoms with van der Waals surface area (Å²) in [5.74, 6) is -1.72. The lowest BCUT2D eigenvalue weighted by molar-refractivity contribution is 0.0978.